The minimum atomic E-state index is 0.684. The van der Waals surface area contributed by atoms with Gasteiger partial charge in [0.1, 0.15) is 0 Å². The zero-order chi connectivity index (χ0) is 14.9. The van der Waals surface area contributed by atoms with Gasteiger partial charge < -0.3 is 14.8 Å². The van der Waals surface area contributed by atoms with Gasteiger partial charge in [0.25, 0.3) is 0 Å². The van der Waals surface area contributed by atoms with E-state index in [0.717, 1.165) is 24.3 Å². The number of rotatable bonds is 9. The predicted molar refractivity (Wildman–Crippen MR) is 80.5 cm³/mol. The molecule has 1 aromatic heterocycles. The fourth-order valence-corrected chi connectivity index (χ4v) is 2.05. The molecule has 2 rings (SSSR count). The van der Waals surface area contributed by atoms with Gasteiger partial charge in [0.05, 0.1) is 30.8 Å². The van der Waals surface area contributed by atoms with E-state index < -0.39 is 0 Å². The van der Waals surface area contributed by atoms with E-state index in [2.05, 4.69) is 21.7 Å². The van der Waals surface area contributed by atoms with Gasteiger partial charge in [-0.2, -0.15) is 0 Å². The molecule has 2 aromatic rings. The summed E-state index contributed by atoms with van der Waals surface area (Å²) in [6, 6.07) is 8.16. The second-order valence-electron chi connectivity index (χ2n) is 4.70. The molecule has 6 nitrogen and oxygen atoms in total. The van der Waals surface area contributed by atoms with E-state index in [-0.39, 0.29) is 0 Å². The Morgan fingerprint density at radius 3 is 2.76 bits per heavy atom. The van der Waals surface area contributed by atoms with Gasteiger partial charge in [0, 0.05) is 27.3 Å². The average Bonchev–Trinajstić information content (AvgIpc) is 2.98. The Morgan fingerprint density at radius 1 is 1.14 bits per heavy atom. The van der Waals surface area contributed by atoms with Crippen LogP contribution >= 0.6 is 0 Å². The van der Waals surface area contributed by atoms with Crippen molar-refractivity contribution in [2.45, 2.75) is 13.0 Å². The highest BCUT2D eigenvalue weighted by Gasteiger charge is 2.07. The highest BCUT2D eigenvalue weighted by Crippen LogP contribution is 2.14. The summed E-state index contributed by atoms with van der Waals surface area (Å²) in [6.45, 7) is 2.86. The van der Waals surface area contributed by atoms with Gasteiger partial charge in [-0.1, -0.05) is 23.4 Å². The molecule has 0 amide bonds. The molecule has 114 valence electrons. The maximum Gasteiger partial charge on any atom is 0.0969 e. The van der Waals surface area contributed by atoms with Crippen molar-refractivity contribution in [3.63, 3.8) is 0 Å². The van der Waals surface area contributed by atoms with Crippen LogP contribution in [0.4, 0.5) is 0 Å². The first-order chi connectivity index (χ1) is 10.3. The van der Waals surface area contributed by atoms with Crippen LogP contribution in [0.3, 0.4) is 0 Å². The Bertz CT molecular complexity index is 542. The number of hydrogen-bond donors (Lipinski definition) is 1. The fourth-order valence-electron chi connectivity index (χ4n) is 2.05. The quantitative estimate of drug-likeness (QED) is 0.703. The number of hydrogen-bond acceptors (Lipinski definition) is 5. The Labute approximate surface area is 125 Å². The van der Waals surface area contributed by atoms with Crippen LogP contribution in [0.2, 0.25) is 0 Å². The molecule has 0 bridgehead atoms. The lowest BCUT2D eigenvalue weighted by Gasteiger charge is -2.08. The van der Waals surface area contributed by atoms with Crippen LogP contribution in [0, 0.1) is 0 Å². The Kier molecular flexibility index (Phi) is 6.33. The van der Waals surface area contributed by atoms with Crippen molar-refractivity contribution in [2.24, 2.45) is 0 Å². The lowest BCUT2D eigenvalue weighted by Crippen LogP contribution is -2.18. The molecule has 1 N–H and O–H groups in total. The van der Waals surface area contributed by atoms with Crippen molar-refractivity contribution in [3.8, 4) is 5.69 Å². The van der Waals surface area contributed by atoms with Crippen LogP contribution in [0.15, 0.2) is 30.5 Å². The molecule has 6 heteroatoms. The molecule has 0 fully saturated rings. The summed E-state index contributed by atoms with van der Waals surface area (Å²) in [7, 11) is 3.40. The number of benzene rings is 1. The minimum Gasteiger partial charge on any atom is -0.384 e. The average molecular weight is 290 g/mol. The molecule has 0 aliphatic heterocycles. The molecule has 0 saturated heterocycles. The topological polar surface area (TPSA) is 61.2 Å². The van der Waals surface area contributed by atoms with E-state index in [1.54, 1.807) is 14.2 Å². The van der Waals surface area contributed by atoms with Crippen molar-refractivity contribution in [3.05, 3.63) is 41.7 Å². The molecule has 0 radical (unpaired) electrons. The van der Waals surface area contributed by atoms with Crippen LogP contribution in [-0.4, -0.2) is 49.0 Å². The molecule has 21 heavy (non-hydrogen) atoms. The van der Waals surface area contributed by atoms with E-state index in [1.807, 2.05) is 29.1 Å². The summed E-state index contributed by atoms with van der Waals surface area (Å²) in [6.07, 6.45) is 2.80. The van der Waals surface area contributed by atoms with E-state index >= 15 is 0 Å². The van der Waals surface area contributed by atoms with E-state index in [4.69, 9.17) is 9.47 Å². The molecule has 0 atom stereocenters. The normalized spacial score (nSPS) is 11.0. The highest BCUT2D eigenvalue weighted by molar-refractivity contribution is 5.40. The number of nitrogens with zero attached hydrogens (tertiary/aromatic N) is 3. The maximum atomic E-state index is 5.15. The van der Waals surface area contributed by atoms with Gasteiger partial charge in [-0.3, -0.25) is 0 Å². The van der Waals surface area contributed by atoms with Crippen LogP contribution in [0.25, 0.3) is 5.69 Å². The maximum absolute atomic E-state index is 5.15. The molecular weight excluding hydrogens is 268 g/mol. The molecule has 0 saturated carbocycles. The summed E-state index contributed by atoms with van der Waals surface area (Å²) in [5.74, 6) is 0. The summed E-state index contributed by atoms with van der Waals surface area (Å²) in [5, 5.41) is 11.7. The molecule has 0 aliphatic carbocycles. The standard InChI is InChI=1S/C15H22N4O2/c1-20-9-7-13-5-3-4-6-15(13)19-12-14(17-18-19)11-16-8-10-21-2/h3-6,12,16H,7-11H2,1-2H3. The van der Waals surface area contributed by atoms with Crippen molar-refractivity contribution < 1.29 is 9.47 Å². The first-order valence-electron chi connectivity index (χ1n) is 7.03. The molecule has 0 spiro atoms. The number of nitrogens with one attached hydrogen (secondary N) is 1. The van der Waals surface area contributed by atoms with E-state index in [1.165, 1.54) is 5.56 Å². The number of methoxy groups -OCH3 is 2. The highest BCUT2D eigenvalue weighted by atomic mass is 16.5. The van der Waals surface area contributed by atoms with Gasteiger partial charge >= 0.3 is 0 Å². The van der Waals surface area contributed by atoms with Crippen molar-refractivity contribution in [1.29, 1.82) is 0 Å². The largest absolute Gasteiger partial charge is 0.384 e. The Morgan fingerprint density at radius 2 is 1.95 bits per heavy atom. The number of aromatic nitrogens is 3. The van der Waals surface area contributed by atoms with Gasteiger partial charge in [0.15, 0.2) is 0 Å². The first kappa shape index (κ1) is 15.6. The van der Waals surface area contributed by atoms with Gasteiger partial charge in [-0.15, -0.1) is 5.10 Å². The first-order valence-corrected chi connectivity index (χ1v) is 7.03. The second-order valence-corrected chi connectivity index (χ2v) is 4.70. The molecular formula is C15H22N4O2. The predicted octanol–water partition coefficient (Wildman–Crippen LogP) is 1.19. The summed E-state index contributed by atoms with van der Waals surface area (Å²) < 4.78 is 12.0. The Balaban J connectivity index is 2.03. The van der Waals surface area contributed by atoms with Crippen molar-refractivity contribution >= 4 is 0 Å². The number of ether oxygens (including phenoxy) is 2. The van der Waals surface area contributed by atoms with Crippen LogP contribution in [0.5, 0.6) is 0 Å². The van der Waals surface area contributed by atoms with E-state index in [0.29, 0.717) is 19.8 Å². The van der Waals surface area contributed by atoms with E-state index in [9.17, 15) is 0 Å². The zero-order valence-electron chi connectivity index (χ0n) is 12.6. The summed E-state index contributed by atoms with van der Waals surface area (Å²) in [5.41, 5.74) is 3.15. The number of para-hydroxylation sites is 1. The van der Waals surface area contributed by atoms with Crippen molar-refractivity contribution in [1.82, 2.24) is 20.3 Å². The lowest BCUT2D eigenvalue weighted by molar-refractivity contribution is 0.199. The molecule has 1 aromatic carbocycles. The summed E-state index contributed by atoms with van der Waals surface area (Å²) >= 11 is 0. The fraction of sp³-hybridized carbons (Fsp3) is 0.467. The van der Waals surface area contributed by atoms with Crippen LogP contribution in [-0.2, 0) is 22.4 Å². The van der Waals surface area contributed by atoms with Gasteiger partial charge in [-0.25, -0.2) is 4.68 Å². The molecule has 0 aliphatic rings. The van der Waals surface area contributed by atoms with Crippen LogP contribution in [0.1, 0.15) is 11.3 Å². The summed E-state index contributed by atoms with van der Waals surface area (Å²) in [4.78, 5) is 0. The third-order valence-electron chi connectivity index (χ3n) is 3.14. The molecule has 1 heterocycles. The zero-order valence-corrected chi connectivity index (χ0v) is 12.6. The van der Waals surface area contributed by atoms with Gasteiger partial charge in [0.2, 0.25) is 0 Å². The SMILES string of the molecule is COCCNCc1cn(-c2ccccc2CCOC)nn1. The van der Waals surface area contributed by atoms with Crippen molar-refractivity contribution in [2.75, 3.05) is 34.0 Å². The third-order valence-corrected chi connectivity index (χ3v) is 3.14. The second kappa shape index (κ2) is 8.51. The molecule has 0 unspecified atom stereocenters. The van der Waals surface area contributed by atoms with Crippen LogP contribution < -0.4 is 5.32 Å². The van der Waals surface area contributed by atoms with Gasteiger partial charge in [-0.05, 0) is 18.1 Å². The monoisotopic (exact) mass is 290 g/mol. The lowest BCUT2D eigenvalue weighted by atomic mass is 10.1. The third kappa shape index (κ3) is 4.63. The minimum absolute atomic E-state index is 0.684. The smallest absolute Gasteiger partial charge is 0.0969 e. The Hall–Kier alpha value is -1.76.